The van der Waals surface area contributed by atoms with Gasteiger partial charge in [-0.15, -0.1) is 0 Å². The monoisotopic (exact) mass is 308 g/mol. The Morgan fingerprint density at radius 2 is 2.38 bits per heavy atom. The van der Waals surface area contributed by atoms with Crippen molar-refractivity contribution in [2.45, 2.75) is 18.2 Å². The van der Waals surface area contributed by atoms with Crippen LogP contribution in [0.15, 0.2) is 11.1 Å². The summed E-state index contributed by atoms with van der Waals surface area (Å²) in [6.07, 6.45) is 5.20. The second-order valence-corrected chi connectivity index (χ2v) is 18.0. The van der Waals surface area contributed by atoms with Gasteiger partial charge in [0.05, 0.1) is 0 Å². The third kappa shape index (κ3) is 3.35. The van der Waals surface area contributed by atoms with Gasteiger partial charge in [-0.1, -0.05) is 0 Å². The molecule has 46 valence electrons. The van der Waals surface area contributed by atoms with Gasteiger partial charge in [0.15, 0.2) is 0 Å². The third-order valence-corrected chi connectivity index (χ3v) is 17.6. The van der Waals surface area contributed by atoms with Crippen molar-refractivity contribution in [2.75, 3.05) is 0 Å². The molecule has 0 atom stereocenters. The molecule has 3 heteroatoms. The van der Waals surface area contributed by atoms with E-state index in [1.54, 1.807) is 5.32 Å². The second kappa shape index (κ2) is 5.11. The van der Waals surface area contributed by atoms with E-state index in [9.17, 15) is 0 Å². The Morgan fingerprint density at radius 3 is 3.38 bits per heavy atom. The van der Waals surface area contributed by atoms with Crippen LogP contribution in [0.5, 0.6) is 0 Å². The van der Waals surface area contributed by atoms with Crippen molar-refractivity contribution in [2.24, 2.45) is 0 Å². The van der Waals surface area contributed by atoms with Crippen molar-refractivity contribution in [1.29, 1.82) is 0 Å². The summed E-state index contributed by atoms with van der Waals surface area (Å²) in [4.78, 5) is 2.42. The van der Waals surface area contributed by atoms with Gasteiger partial charge >= 0.3 is 66.8 Å². The molecule has 0 nitrogen and oxygen atoms in total. The zero-order valence-corrected chi connectivity index (χ0v) is 9.64. The van der Waals surface area contributed by atoms with E-state index in [2.05, 4.69) is 11.1 Å². The Labute approximate surface area is 66.4 Å². The van der Waals surface area contributed by atoms with Gasteiger partial charge in [0.2, 0.25) is 0 Å². The van der Waals surface area contributed by atoms with Gasteiger partial charge in [-0.2, -0.15) is 0 Å². The molecular formula is C5H8Se3. The average molecular weight is 305 g/mol. The molecule has 0 fully saturated rings. The first-order valence-corrected chi connectivity index (χ1v) is 13.5. The summed E-state index contributed by atoms with van der Waals surface area (Å²) in [6.45, 7) is 0. The fourth-order valence-electron chi connectivity index (χ4n) is 0.452. The van der Waals surface area contributed by atoms with Crippen LogP contribution in [0.2, 0.25) is 5.32 Å². The summed E-state index contributed by atoms with van der Waals surface area (Å²) < 4.78 is 0. The minimum atomic E-state index is 0.938. The molecule has 0 spiro atoms. The van der Waals surface area contributed by atoms with Crippen molar-refractivity contribution < 1.29 is 0 Å². The summed E-state index contributed by atoms with van der Waals surface area (Å²) >= 11 is 3.07. The van der Waals surface area contributed by atoms with E-state index in [1.807, 2.05) is 0 Å². The van der Waals surface area contributed by atoms with Crippen LogP contribution in [0.4, 0.5) is 0 Å². The molecule has 1 rings (SSSR count). The van der Waals surface area contributed by atoms with Gasteiger partial charge in [0, 0.05) is 0 Å². The van der Waals surface area contributed by atoms with Gasteiger partial charge in [-0.3, -0.25) is 0 Å². The first-order chi connectivity index (χ1) is 4.00. The van der Waals surface area contributed by atoms with E-state index in [0.717, 1.165) is 37.6 Å². The number of rotatable bonds is 0. The molecule has 0 aromatic rings. The van der Waals surface area contributed by atoms with Crippen LogP contribution in [-0.4, -0.2) is 37.6 Å². The minimum absolute atomic E-state index is 0.938. The maximum absolute atomic E-state index is 2.42. The second-order valence-electron chi connectivity index (χ2n) is 1.50. The van der Waals surface area contributed by atoms with Gasteiger partial charge in [0.1, 0.15) is 0 Å². The third-order valence-electron chi connectivity index (χ3n) is 0.838. The molecule has 0 amide bonds. The summed E-state index contributed by atoms with van der Waals surface area (Å²) in [6, 6.07) is 0. The van der Waals surface area contributed by atoms with Gasteiger partial charge in [-0.25, -0.2) is 0 Å². The Hall–Kier alpha value is 1.30. The Morgan fingerprint density at radius 1 is 1.38 bits per heavy atom. The van der Waals surface area contributed by atoms with Gasteiger partial charge in [0.25, 0.3) is 0 Å². The van der Waals surface area contributed by atoms with Crippen LogP contribution in [-0.2, 0) is 0 Å². The van der Waals surface area contributed by atoms with Crippen LogP contribution in [0, 0.1) is 0 Å². The summed E-state index contributed by atoms with van der Waals surface area (Å²) in [5, 5.41) is 1.55. The van der Waals surface area contributed by atoms with E-state index in [0.29, 0.717) is 0 Å². The summed E-state index contributed by atoms with van der Waals surface area (Å²) in [7, 11) is 0. The zero-order chi connectivity index (χ0) is 5.66. The Kier molecular flexibility index (Phi) is 4.73. The van der Waals surface area contributed by atoms with Gasteiger partial charge in [-0.05, 0) is 0 Å². The standard InChI is InChI=1S/C5H8Se3/c1-2-4-6-8-7-5-3-1/h2,4H,1,3,5H2. The molecule has 8 heavy (non-hydrogen) atoms. The fourth-order valence-corrected chi connectivity index (χ4v) is 15.4. The normalized spacial score (nSPS) is 22.0. The van der Waals surface area contributed by atoms with Gasteiger partial charge < -0.3 is 0 Å². The molecule has 0 aromatic heterocycles. The first-order valence-electron chi connectivity index (χ1n) is 2.60. The van der Waals surface area contributed by atoms with Crippen molar-refractivity contribution >= 4 is 37.6 Å². The van der Waals surface area contributed by atoms with Crippen LogP contribution >= 0.6 is 0 Å². The maximum atomic E-state index is 2.42. The summed E-state index contributed by atoms with van der Waals surface area (Å²) in [5.41, 5.74) is 0. The molecule has 0 N–H and O–H groups in total. The topological polar surface area (TPSA) is 0 Å². The van der Waals surface area contributed by atoms with Crippen molar-refractivity contribution in [3.63, 3.8) is 0 Å². The molecule has 0 radical (unpaired) electrons. The zero-order valence-electron chi connectivity index (χ0n) is 4.50. The number of allylic oxidation sites excluding steroid dienone is 1. The van der Waals surface area contributed by atoms with E-state index < -0.39 is 0 Å². The number of hydrogen-bond acceptors (Lipinski definition) is 0. The quantitative estimate of drug-likeness (QED) is 0.577. The van der Waals surface area contributed by atoms with E-state index in [1.165, 1.54) is 12.8 Å². The Balaban J connectivity index is 2.17. The summed E-state index contributed by atoms with van der Waals surface area (Å²) in [5.74, 6) is 0. The molecule has 0 saturated heterocycles. The molecule has 1 aliphatic rings. The van der Waals surface area contributed by atoms with Crippen LogP contribution in [0.25, 0.3) is 0 Å². The average Bonchev–Trinajstić information content (AvgIpc) is 1.62. The Bertz CT molecular complexity index is 69.7. The molecule has 0 aliphatic carbocycles. The number of hydrogen-bond donors (Lipinski definition) is 0. The van der Waals surface area contributed by atoms with E-state index in [-0.39, 0.29) is 0 Å². The van der Waals surface area contributed by atoms with Crippen LogP contribution in [0.3, 0.4) is 0 Å². The van der Waals surface area contributed by atoms with Crippen LogP contribution < -0.4 is 0 Å². The van der Waals surface area contributed by atoms with E-state index in [4.69, 9.17) is 0 Å². The molecule has 0 saturated carbocycles. The first kappa shape index (κ1) is 7.41. The van der Waals surface area contributed by atoms with Crippen molar-refractivity contribution in [3.8, 4) is 0 Å². The van der Waals surface area contributed by atoms with Crippen LogP contribution in [0.1, 0.15) is 12.8 Å². The predicted octanol–water partition coefficient (Wildman–Crippen LogP) is 0.655. The molecule has 1 aliphatic heterocycles. The van der Waals surface area contributed by atoms with E-state index >= 15 is 0 Å². The molecule has 0 aromatic carbocycles. The molecule has 0 unspecified atom stereocenters. The SMILES string of the molecule is C1=C[Se][Se][Se]CCC1. The fraction of sp³-hybridized carbons (Fsp3) is 0.600. The predicted molar refractivity (Wildman–Crippen MR) is 40.4 cm³/mol. The van der Waals surface area contributed by atoms with Crippen molar-refractivity contribution in [1.82, 2.24) is 0 Å². The molecule has 1 heterocycles. The van der Waals surface area contributed by atoms with Crippen molar-refractivity contribution in [3.05, 3.63) is 11.1 Å². The molecular weight excluding hydrogens is 297 g/mol. The molecule has 0 bridgehead atoms.